The second kappa shape index (κ2) is 6.50. The van der Waals surface area contributed by atoms with Crippen molar-refractivity contribution in [2.24, 2.45) is 0 Å². The highest BCUT2D eigenvalue weighted by Gasteiger charge is 2.26. The van der Waals surface area contributed by atoms with Gasteiger partial charge in [0.1, 0.15) is 4.90 Å². The SMILES string of the molecule is O=C(c1ccccc1)c1cccc(-c2cc3ccccc3[nH]2)c1S(=O)(=O)O. The van der Waals surface area contributed by atoms with Crippen molar-refractivity contribution in [3.8, 4) is 11.3 Å². The van der Waals surface area contributed by atoms with Crippen molar-refractivity contribution in [1.82, 2.24) is 4.98 Å². The smallest absolute Gasteiger partial charge is 0.295 e. The molecule has 0 aliphatic rings. The Morgan fingerprint density at radius 3 is 2.26 bits per heavy atom. The van der Waals surface area contributed by atoms with Crippen molar-refractivity contribution in [1.29, 1.82) is 0 Å². The summed E-state index contributed by atoms with van der Waals surface area (Å²) in [5, 5.41) is 0.897. The molecular weight excluding hydrogens is 362 g/mol. The summed E-state index contributed by atoms with van der Waals surface area (Å²) in [6.07, 6.45) is 0. The third kappa shape index (κ3) is 3.16. The highest BCUT2D eigenvalue weighted by atomic mass is 32.2. The molecule has 0 spiro atoms. The minimum Gasteiger partial charge on any atom is -0.354 e. The van der Waals surface area contributed by atoms with Crippen molar-refractivity contribution >= 4 is 26.8 Å². The lowest BCUT2D eigenvalue weighted by atomic mass is 10.00. The number of aromatic nitrogens is 1. The number of carbonyl (C=O) groups is 1. The van der Waals surface area contributed by atoms with Gasteiger partial charge in [-0.3, -0.25) is 9.35 Å². The lowest BCUT2D eigenvalue weighted by molar-refractivity contribution is 0.103. The van der Waals surface area contributed by atoms with Gasteiger partial charge in [0.25, 0.3) is 10.1 Å². The summed E-state index contributed by atoms with van der Waals surface area (Å²) < 4.78 is 34.3. The van der Waals surface area contributed by atoms with Crippen LogP contribution in [0.15, 0.2) is 83.8 Å². The van der Waals surface area contributed by atoms with Gasteiger partial charge in [0.2, 0.25) is 0 Å². The fourth-order valence-corrected chi connectivity index (χ4v) is 4.06. The molecule has 0 aliphatic heterocycles. The molecule has 0 aliphatic carbocycles. The lowest BCUT2D eigenvalue weighted by Crippen LogP contribution is -2.11. The van der Waals surface area contributed by atoms with Crippen molar-refractivity contribution in [3.63, 3.8) is 0 Å². The summed E-state index contributed by atoms with van der Waals surface area (Å²) in [5.41, 5.74) is 1.85. The molecule has 134 valence electrons. The fourth-order valence-electron chi connectivity index (χ4n) is 3.17. The molecule has 4 rings (SSSR count). The van der Waals surface area contributed by atoms with Gasteiger partial charge in [-0.15, -0.1) is 0 Å². The van der Waals surface area contributed by atoms with Gasteiger partial charge in [0.05, 0.1) is 0 Å². The van der Waals surface area contributed by atoms with Gasteiger partial charge in [-0.05, 0) is 18.2 Å². The molecular formula is C21H15NO4S. The summed E-state index contributed by atoms with van der Waals surface area (Å²) in [6.45, 7) is 0. The summed E-state index contributed by atoms with van der Waals surface area (Å²) in [4.78, 5) is 15.6. The maximum Gasteiger partial charge on any atom is 0.295 e. The van der Waals surface area contributed by atoms with E-state index in [2.05, 4.69) is 4.98 Å². The van der Waals surface area contributed by atoms with Crippen LogP contribution in [0.4, 0.5) is 0 Å². The summed E-state index contributed by atoms with van der Waals surface area (Å²) >= 11 is 0. The summed E-state index contributed by atoms with van der Waals surface area (Å²) in [5.74, 6) is -0.471. The van der Waals surface area contributed by atoms with Gasteiger partial charge in [0, 0.05) is 33.3 Å². The van der Waals surface area contributed by atoms with Crippen molar-refractivity contribution in [2.45, 2.75) is 4.90 Å². The van der Waals surface area contributed by atoms with Gasteiger partial charge in [-0.1, -0.05) is 60.7 Å². The Hall–Kier alpha value is -3.22. The number of rotatable bonds is 4. The first-order valence-electron chi connectivity index (χ1n) is 8.23. The van der Waals surface area contributed by atoms with Crippen LogP contribution in [0.5, 0.6) is 0 Å². The standard InChI is InChI=1S/C21H15NO4S/c23-20(14-7-2-1-3-8-14)17-11-6-10-16(21(17)27(24,25)26)19-13-15-9-4-5-12-18(15)22-19/h1-13,22H,(H,24,25,26). The normalized spacial score (nSPS) is 11.6. The van der Waals surface area contributed by atoms with Gasteiger partial charge in [0.15, 0.2) is 5.78 Å². The molecule has 1 heterocycles. The molecule has 0 atom stereocenters. The first-order valence-corrected chi connectivity index (χ1v) is 9.67. The zero-order valence-electron chi connectivity index (χ0n) is 14.1. The molecule has 0 fully saturated rings. The number of aromatic amines is 1. The minimum absolute atomic E-state index is 0.0696. The highest BCUT2D eigenvalue weighted by molar-refractivity contribution is 7.86. The van der Waals surface area contributed by atoms with E-state index in [0.717, 1.165) is 10.9 Å². The number of para-hydroxylation sites is 1. The van der Waals surface area contributed by atoms with Gasteiger partial charge in [-0.25, -0.2) is 0 Å². The monoisotopic (exact) mass is 377 g/mol. The Kier molecular flexibility index (Phi) is 4.14. The van der Waals surface area contributed by atoms with Crippen LogP contribution in [0, 0.1) is 0 Å². The van der Waals surface area contributed by atoms with Crippen LogP contribution in [0.3, 0.4) is 0 Å². The van der Waals surface area contributed by atoms with Gasteiger partial charge < -0.3 is 4.98 Å². The third-order valence-corrected chi connectivity index (χ3v) is 5.33. The number of H-pyrrole nitrogens is 1. The predicted octanol–water partition coefficient (Wildman–Crippen LogP) is 4.31. The zero-order chi connectivity index (χ0) is 19.0. The largest absolute Gasteiger partial charge is 0.354 e. The fraction of sp³-hybridized carbons (Fsp3) is 0. The molecule has 0 saturated heterocycles. The van der Waals surface area contributed by atoms with Crippen LogP contribution in [-0.2, 0) is 10.1 Å². The second-order valence-corrected chi connectivity index (χ2v) is 7.48. The maximum atomic E-state index is 12.9. The van der Waals surface area contributed by atoms with E-state index in [0.29, 0.717) is 11.3 Å². The number of hydrogen-bond acceptors (Lipinski definition) is 3. The molecule has 0 saturated carbocycles. The van der Waals surface area contributed by atoms with Crippen LogP contribution in [-0.4, -0.2) is 23.7 Å². The van der Waals surface area contributed by atoms with E-state index < -0.39 is 20.8 Å². The summed E-state index contributed by atoms with van der Waals surface area (Å²) in [6, 6.07) is 22.2. The number of fused-ring (bicyclic) bond motifs is 1. The molecule has 6 heteroatoms. The van der Waals surface area contributed by atoms with E-state index in [1.165, 1.54) is 6.07 Å². The van der Waals surface area contributed by atoms with E-state index in [1.54, 1.807) is 48.5 Å². The van der Waals surface area contributed by atoms with Crippen LogP contribution < -0.4 is 0 Å². The molecule has 0 bridgehead atoms. The predicted molar refractivity (Wildman–Crippen MR) is 103 cm³/mol. The Bertz CT molecular complexity index is 1220. The average molecular weight is 377 g/mol. The highest BCUT2D eigenvalue weighted by Crippen LogP contribution is 2.32. The summed E-state index contributed by atoms with van der Waals surface area (Å²) in [7, 11) is -4.64. The molecule has 0 amide bonds. The third-order valence-electron chi connectivity index (χ3n) is 4.37. The molecule has 0 unspecified atom stereocenters. The van der Waals surface area contributed by atoms with E-state index in [9.17, 15) is 17.8 Å². The Labute approximate surface area is 156 Å². The molecule has 4 aromatic rings. The Morgan fingerprint density at radius 1 is 0.852 bits per heavy atom. The maximum absolute atomic E-state index is 12.9. The van der Waals surface area contributed by atoms with Crippen LogP contribution in [0.2, 0.25) is 0 Å². The van der Waals surface area contributed by atoms with Crippen LogP contribution >= 0.6 is 0 Å². The molecule has 0 radical (unpaired) electrons. The quantitative estimate of drug-likeness (QED) is 0.410. The van der Waals surface area contributed by atoms with E-state index >= 15 is 0 Å². The molecule has 3 aromatic carbocycles. The zero-order valence-corrected chi connectivity index (χ0v) is 14.9. The molecule has 2 N–H and O–H groups in total. The van der Waals surface area contributed by atoms with E-state index in [1.807, 2.05) is 24.3 Å². The molecule has 5 nitrogen and oxygen atoms in total. The van der Waals surface area contributed by atoms with Crippen molar-refractivity contribution < 1.29 is 17.8 Å². The van der Waals surface area contributed by atoms with E-state index in [-0.39, 0.29) is 11.1 Å². The Balaban J connectivity index is 1.97. The lowest BCUT2D eigenvalue weighted by Gasteiger charge is -2.11. The number of hydrogen-bond donors (Lipinski definition) is 2. The number of carbonyl (C=O) groups excluding carboxylic acids is 1. The topological polar surface area (TPSA) is 87.2 Å². The van der Waals surface area contributed by atoms with E-state index in [4.69, 9.17) is 0 Å². The first kappa shape index (κ1) is 17.2. The van der Waals surface area contributed by atoms with Crippen LogP contribution in [0.1, 0.15) is 15.9 Å². The second-order valence-electron chi connectivity index (χ2n) is 6.12. The first-order chi connectivity index (χ1) is 12.9. The Morgan fingerprint density at radius 2 is 1.56 bits per heavy atom. The van der Waals surface area contributed by atoms with Crippen molar-refractivity contribution in [2.75, 3.05) is 0 Å². The number of nitrogens with one attached hydrogen (secondary N) is 1. The number of benzene rings is 3. The molecule has 1 aromatic heterocycles. The average Bonchev–Trinajstić information content (AvgIpc) is 3.11. The number of ketones is 1. The molecule has 27 heavy (non-hydrogen) atoms. The van der Waals surface area contributed by atoms with Crippen LogP contribution in [0.25, 0.3) is 22.2 Å². The van der Waals surface area contributed by atoms with Gasteiger partial charge in [-0.2, -0.15) is 8.42 Å². The van der Waals surface area contributed by atoms with Gasteiger partial charge >= 0.3 is 0 Å². The minimum atomic E-state index is -4.64. The van der Waals surface area contributed by atoms with Crippen molar-refractivity contribution in [3.05, 3.63) is 90.0 Å².